The maximum absolute atomic E-state index is 13.4. The second-order valence-corrected chi connectivity index (χ2v) is 7.76. The zero-order valence-corrected chi connectivity index (χ0v) is 17.7. The van der Waals surface area contributed by atoms with E-state index < -0.39 is 23.2 Å². The summed E-state index contributed by atoms with van der Waals surface area (Å²) in [6.45, 7) is 0.0574. The number of nitrogens with one attached hydrogen (secondary N) is 1. The summed E-state index contributed by atoms with van der Waals surface area (Å²) in [6, 6.07) is 9.10. The van der Waals surface area contributed by atoms with Crippen molar-refractivity contribution in [2.24, 2.45) is 0 Å². The van der Waals surface area contributed by atoms with Crippen LogP contribution in [0, 0.1) is 5.82 Å². The third-order valence-electron chi connectivity index (χ3n) is 5.23. The molecule has 0 atom stereocenters. The van der Waals surface area contributed by atoms with E-state index in [1.807, 2.05) is 0 Å². The van der Waals surface area contributed by atoms with E-state index in [1.165, 1.54) is 31.4 Å². The van der Waals surface area contributed by atoms with Crippen molar-refractivity contribution in [2.75, 3.05) is 7.11 Å². The second-order valence-electron chi connectivity index (χ2n) is 7.35. The van der Waals surface area contributed by atoms with E-state index in [9.17, 15) is 19.1 Å². The van der Waals surface area contributed by atoms with Gasteiger partial charge < -0.3 is 19.9 Å². The average Bonchev–Trinajstić information content (AvgIpc) is 3.23. The van der Waals surface area contributed by atoms with Crippen LogP contribution in [-0.2, 0) is 16.2 Å². The van der Waals surface area contributed by atoms with Gasteiger partial charge in [0, 0.05) is 16.7 Å². The molecule has 31 heavy (non-hydrogen) atoms. The molecule has 0 aliphatic heterocycles. The first-order chi connectivity index (χ1) is 14.8. The highest BCUT2D eigenvalue weighted by molar-refractivity contribution is 6.31. The fourth-order valence-electron chi connectivity index (χ4n) is 3.54. The lowest BCUT2D eigenvalue weighted by Gasteiger charge is -2.24. The van der Waals surface area contributed by atoms with Gasteiger partial charge in [-0.2, -0.15) is 0 Å². The molecular formula is C23H23ClFNO5. The van der Waals surface area contributed by atoms with Crippen LogP contribution in [0.25, 0.3) is 6.08 Å². The third-order valence-corrected chi connectivity index (χ3v) is 5.60. The maximum Gasteiger partial charge on any atom is 0.329 e. The fraction of sp³-hybridized carbons (Fsp3) is 0.304. The van der Waals surface area contributed by atoms with Crippen molar-refractivity contribution < 1.29 is 28.6 Å². The Bertz CT molecular complexity index is 1000. The van der Waals surface area contributed by atoms with E-state index in [-0.39, 0.29) is 6.61 Å². The summed E-state index contributed by atoms with van der Waals surface area (Å²) in [4.78, 5) is 23.8. The molecule has 2 aromatic rings. The van der Waals surface area contributed by atoms with Gasteiger partial charge in [0.25, 0.3) is 0 Å². The number of methoxy groups -OCH3 is 1. The summed E-state index contributed by atoms with van der Waals surface area (Å²) < 4.78 is 24.5. The lowest BCUT2D eigenvalue weighted by Crippen LogP contribution is -2.52. The molecule has 2 aromatic carbocycles. The summed E-state index contributed by atoms with van der Waals surface area (Å²) in [6.07, 6.45) is 5.26. The molecule has 1 amide bonds. The standard InChI is InChI=1S/C23H23ClFNO5/c1-30-20-12-15(5-9-21(27)26-23(22(28)29)10-2-3-11-23)4-8-19(20)31-14-16-13-17(25)6-7-18(16)24/h4-9,12-13H,2-3,10-11,14H2,1H3,(H,26,27)(H,28,29)/b9-5+. The van der Waals surface area contributed by atoms with Crippen LogP contribution in [0.5, 0.6) is 11.5 Å². The van der Waals surface area contributed by atoms with Crippen molar-refractivity contribution in [3.8, 4) is 11.5 Å². The molecule has 2 N–H and O–H groups in total. The van der Waals surface area contributed by atoms with Gasteiger partial charge in [0.2, 0.25) is 5.91 Å². The summed E-state index contributed by atoms with van der Waals surface area (Å²) in [5.41, 5.74) is -0.0165. The van der Waals surface area contributed by atoms with Crippen molar-refractivity contribution in [3.05, 3.63) is 64.4 Å². The Morgan fingerprint density at radius 2 is 1.94 bits per heavy atom. The minimum atomic E-state index is -1.19. The van der Waals surface area contributed by atoms with Crippen molar-refractivity contribution in [3.63, 3.8) is 0 Å². The van der Waals surface area contributed by atoms with Crippen LogP contribution in [0.2, 0.25) is 5.02 Å². The molecule has 1 aliphatic carbocycles. The molecular weight excluding hydrogens is 425 g/mol. The molecule has 0 unspecified atom stereocenters. The smallest absolute Gasteiger partial charge is 0.329 e. The average molecular weight is 448 g/mol. The Morgan fingerprint density at radius 1 is 1.19 bits per heavy atom. The molecule has 1 aliphatic rings. The lowest BCUT2D eigenvalue weighted by molar-refractivity contribution is -0.146. The Balaban J connectivity index is 1.67. The third kappa shape index (κ3) is 5.55. The molecule has 164 valence electrons. The SMILES string of the molecule is COc1cc(/C=C/C(=O)NC2(C(=O)O)CCCC2)ccc1OCc1cc(F)ccc1Cl. The zero-order valence-electron chi connectivity index (χ0n) is 17.0. The molecule has 0 heterocycles. The first-order valence-electron chi connectivity index (χ1n) is 9.81. The number of carboxylic acid groups (broad SMARTS) is 1. The van der Waals surface area contributed by atoms with E-state index >= 15 is 0 Å². The topological polar surface area (TPSA) is 84.9 Å². The van der Waals surface area contributed by atoms with Gasteiger partial charge in [0.15, 0.2) is 11.5 Å². The van der Waals surface area contributed by atoms with Gasteiger partial charge in [0.05, 0.1) is 7.11 Å². The minimum Gasteiger partial charge on any atom is -0.493 e. The van der Waals surface area contributed by atoms with E-state index in [1.54, 1.807) is 24.3 Å². The van der Waals surface area contributed by atoms with Crippen LogP contribution in [0.4, 0.5) is 4.39 Å². The summed E-state index contributed by atoms with van der Waals surface area (Å²) in [5.74, 6) is -1.03. The second kappa shape index (κ2) is 9.83. The van der Waals surface area contributed by atoms with Gasteiger partial charge in [-0.1, -0.05) is 30.5 Å². The Hall–Kier alpha value is -3.06. The zero-order chi connectivity index (χ0) is 22.4. The molecule has 0 aromatic heterocycles. The highest BCUT2D eigenvalue weighted by atomic mass is 35.5. The van der Waals surface area contributed by atoms with Crippen molar-refractivity contribution in [2.45, 2.75) is 37.8 Å². The lowest BCUT2D eigenvalue weighted by atomic mass is 9.98. The first-order valence-corrected chi connectivity index (χ1v) is 10.2. The van der Waals surface area contributed by atoms with Crippen molar-refractivity contribution >= 4 is 29.6 Å². The molecule has 8 heteroatoms. The number of hydrogen-bond acceptors (Lipinski definition) is 4. The van der Waals surface area contributed by atoms with Gasteiger partial charge in [-0.05, 0) is 54.8 Å². The summed E-state index contributed by atoms with van der Waals surface area (Å²) in [5, 5.41) is 12.5. The van der Waals surface area contributed by atoms with Gasteiger partial charge >= 0.3 is 5.97 Å². The number of halogens is 2. The van der Waals surface area contributed by atoms with Crippen LogP contribution in [0.3, 0.4) is 0 Å². The highest BCUT2D eigenvalue weighted by Gasteiger charge is 2.42. The van der Waals surface area contributed by atoms with Crippen LogP contribution in [-0.4, -0.2) is 29.6 Å². The van der Waals surface area contributed by atoms with Crippen LogP contribution >= 0.6 is 11.6 Å². The largest absolute Gasteiger partial charge is 0.493 e. The normalized spacial score (nSPS) is 15.1. The predicted octanol–water partition coefficient (Wildman–Crippen LogP) is 4.59. The van der Waals surface area contributed by atoms with Gasteiger partial charge in [0.1, 0.15) is 18.0 Å². The fourth-order valence-corrected chi connectivity index (χ4v) is 3.71. The van der Waals surface area contributed by atoms with E-state index in [0.29, 0.717) is 40.5 Å². The number of carbonyl (C=O) groups excluding carboxylic acids is 1. The maximum atomic E-state index is 13.4. The number of carbonyl (C=O) groups is 2. The summed E-state index contributed by atoms with van der Waals surface area (Å²) >= 11 is 6.06. The number of rotatable bonds is 8. The van der Waals surface area contributed by atoms with Crippen LogP contribution in [0.15, 0.2) is 42.5 Å². The van der Waals surface area contributed by atoms with E-state index in [2.05, 4.69) is 5.32 Å². The van der Waals surface area contributed by atoms with E-state index in [0.717, 1.165) is 12.8 Å². The van der Waals surface area contributed by atoms with Crippen LogP contribution < -0.4 is 14.8 Å². The van der Waals surface area contributed by atoms with Gasteiger partial charge in [-0.3, -0.25) is 4.79 Å². The predicted molar refractivity (Wildman–Crippen MR) is 115 cm³/mol. The highest BCUT2D eigenvalue weighted by Crippen LogP contribution is 2.31. The number of amides is 1. The molecule has 0 bridgehead atoms. The molecule has 0 spiro atoms. The first kappa shape index (κ1) is 22.6. The molecule has 1 fully saturated rings. The quantitative estimate of drug-likeness (QED) is 0.578. The minimum absolute atomic E-state index is 0.0574. The van der Waals surface area contributed by atoms with Crippen molar-refractivity contribution in [1.29, 1.82) is 0 Å². The molecule has 6 nitrogen and oxygen atoms in total. The number of benzene rings is 2. The van der Waals surface area contributed by atoms with E-state index in [4.69, 9.17) is 21.1 Å². The molecule has 0 saturated heterocycles. The Labute approximate surface area is 184 Å². The molecule has 1 saturated carbocycles. The molecule has 0 radical (unpaired) electrons. The Morgan fingerprint density at radius 3 is 2.61 bits per heavy atom. The van der Waals surface area contributed by atoms with Gasteiger partial charge in [-0.15, -0.1) is 0 Å². The number of hydrogen-bond donors (Lipinski definition) is 2. The Kier molecular flexibility index (Phi) is 7.17. The van der Waals surface area contributed by atoms with Crippen LogP contribution in [0.1, 0.15) is 36.8 Å². The number of ether oxygens (including phenoxy) is 2. The number of aliphatic carboxylic acids is 1. The monoisotopic (exact) mass is 447 g/mol. The summed E-state index contributed by atoms with van der Waals surface area (Å²) in [7, 11) is 1.48. The van der Waals surface area contributed by atoms with Crippen molar-refractivity contribution in [1.82, 2.24) is 5.32 Å². The molecule has 3 rings (SSSR count). The number of carboxylic acids is 1. The van der Waals surface area contributed by atoms with Gasteiger partial charge in [-0.25, -0.2) is 9.18 Å².